The Balaban J connectivity index is 1.59. The van der Waals surface area contributed by atoms with Gasteiger partial charge in [0.05, 0.1) is 12.6 Å². The van der Waals surface area contributed by atoms with E-state index in [2.05, 4.69) is 15.5 Å². The smallest absolute Gasteiger partial charge is 0.266 e. The summed E-state index contributed by atoms with van der Waals surface area (Å²) in [6.45, 7) is 2.02. The molecule has 6 nitrogen and oxygen atoms in total. The minimum Gasteiger partial charge on any atom is -0.364 e. The van der Waals surface area contributed by atoms with Crippen molar-refractivity contribution in [1.29, 1.82) is 0 Å². The highest BCUT2D eigenvalue weighted by Gasteiger charge is 2.10. The van der Waals surface area contributed by atoms with Crippen LogP contribution in [0.4, 0.5) is 5.69 Å². The van der Waals surface area contributed by atoms with Crippen molar-refractivity contribution in [3.05, 3.63) is 82.7 Å². The maximum atomic E-state index is 12.3. The highest BCUT2D eigenvalue weighted by atomic mass is 16.2. The molecule has 2 amide bonds. The maximum Gasteiger partial charge on any atom is 0.266 e. The number of carbonyl (C=O) groups is 2. The lowest BCUT2D eigenvalue weighted by Crippen LogP contribution is -2.15. The molecule has 4 N–H and O–H groups in total. The molecule has 0 saturated heterocycles. The molecular weight excluding hydrogens is 340 g/mol. The van der Waals surface area contributed by atoms with E-state index >= 15 is 0 Å². The van der Waals surface area contributed by atoms with Crippen LogP contribution < -0.4 is 11.1 Å². The number of nitrogens with one attached hydrogen (secondary N) is 2. The Morgan fingerprint density at radius 2 is 1.85 bits per heavy atom. The molecule has 0 bridgehead atoms. The van der Waals surface area contributed by atoms with E-state index in [9.17, 15) is 9.59 Å². The molecule has 3 rings (SSSR count). The van der Waals surface area contributed by atoms with Gasteiger partial charge in [0.25, 0.3) is 5.91 Å². The highest BCUT2D eigenvalue weighted by Crippen LogP contribution is 2.15. The summed E-state index contributed by atoms with van der Waals surface area (Å²) in [4.78, 5) is 23.6. The molecule has 0 atom stereocenters. The van der Waals surface area contributed by atoms with Gasteiger partial charge < -0.3 is 11.1 Å². The molecule has 0 unspecified atom stereocenters. The minimum absolute atomic E-state index is 0.0538. The average Bonchev–Trinajstić information content (AvgIpc) is 3.11. The van der Waals surface area contributed by atoms with E-state index in [1.807, 2.05) is 55.5 Å². The van der Waals surface area contributed by atoms with Crippen molar-refractivity contribution in [3.63, 3.8) is 0 Å². The van der Waals surface area contributed by atoms with Crippen molar-refractivity contribution >= 4 is 17.5 Å². The van der Waals surface area contributed by atoms with Crippen LogP contribution in [0.1, 0.15) is 32.7 Å². The van der Waals surface area contributed by atoms with Crippen LogP contribution in [-0.2, 0) is 24.1 Å². The van der Waals surface area contributed by atoms with Crippen molar-refractivity contribution in [1.82, 2.24) is 10.2 Å². The summed E-state index contributed by atoms with van der Waals surface area (Å²) in [6.07, 6.45) is 3.30. The number of amides is 2. The Morgan fingerprint density at radius 1 is 1.07 bits per heavy atom. The number of rotatable bonds is 7. The Kier molecular flexibility index (Phi) is 5.66. The average molecular weight is 362 g/mol. The topological polar surface area (TPSA) is 101 Å². The first kappa shape index (κ1) is 18.4. The number of H-pyrrole nitrogens is 1. The molecule has 1 aromatic heterocycles. The van der Waals surface area contributed by atoms with Crippen LogP contribution in [0, 0.1) is 6.92 Å². The van der Waals surface area contributed by atoms with Crippen LogP contribution in [0.25, 0.3) is 0 Å². The third-order valence-corrected chi connectivity index (χ3v) is 4.34. The summed E-state index contributed by atoms with van der Waals surface area (Å²) in [5, 5.41) is 9.44. The largest absolute Gasteiger partial charge is 0.364 e. The van der Waals surface area contributed by atoms with Gasteiger partial charge in [-0.15, -0.1) is 0 Å². The van der Waals surface area contributed by atoms with Crippen molar-refractivity contribution in [2.45, 2.75) is 26.2 Å². The van der Waals surface area contributed by atoms with Crippen molar-refractivity contribution in [2.75, 3.05) is 5.32 Å². The first-order valence-corrected chi connectivity index (χ1v) is 8.77. The van der Waals surface area contributed by atoms with Gasteiger partial charge in [0.15, 0.2) is 0 Å². The molecular formula is C21H22N4O2. The molecule has 3 aromatic rings. The third kappa shape index (κ3) is 5.04. The predicted molar refractivity (Wildman–Crippen MR) is 104 cm³/mol. The zero-order chi connectivity index (χ0) is 19.2. The van der Waals surface area contributed by atoms with Crippen LogP contribution in [0.3, 0.4) is 0 Å². The molecule has 138 valence electrons. The normalized spacial score (nSPS) is 10.6. The number of hydrogen-bond donors (Lipinski definition) is 3. The Hall–Kier alpha value is -3.41. The van der Waals surface area contributed by atoms with Gasteiger partial charge in [-0.05, 0) is 43.0 Å². The quantitative estimate of drug-likeness (QED) is 0.602. The fraction of sp³-hybridized carbons (Fsp3) is 0.190. The number of aromatic nitrogens is 2. The molecule has 0 aliphatic carbocycles. The molecule has 2 aromatic carbocycles. The summed E-state index contributed by atoms with van der Waals surface area (Å²) >= 11 is 0. The number of aryl methyl sites for hydroxylation is 3. The van der Waals surface area contributed by atoms with E-state index in [1.165, 1.54) is 5.56 Å². The van der Waals surface area contributed by atoms with Gasteiger partial charge in [0.1, 0.15) is 5.69 Å². The second-order valence-electron chi connectivity index (χ2n) is 6.55. The van der Waals surface area contributed by atoms with Crippen LogP contribution in [-0.4, -0.2) is 22.0 Å². The predicted octanol–water partition coefficient (Wildman–Crippen LogP) is 2.78. The standard InChI is InChI=1S/C21H22N4O2/c1-14-5-7-16(8-6-14)12-19(26)24-18-4-2-3-15(11-18)9-10-17-13-23-25-20(17)21(22)27/h2-8,11,13H,9-10,12H2,1H3,(H2,22,27)(H,23,25)(H,24,26). The fourth-order valence-corrected chi connectivity index (χ4v) is 2.89. The molecule has 0 aliphatic rings. The lowest BCUT2D eigenvalue weighted by Gasteiger charge is -2.08. The number of aromatic amines is 1. The number of benzene rings is 2. The highest BCUT2D eigenvalue weighted by molar-refractivity contribution is 5.92. The maximum absolute atomic E-state index is 12.3. The van der Waals surface area contributed by atoms with Crippen molar-refractivity contribution in [2.24, 2.45) is 5.73 Å². The van der Waals surface area contributed by atoms with E-state index < -0.39 is 5.91 Å². The van der Waals surface area contributed by atoms with Gasteiger partial charge in [0, 0.05) is 11.3 Å². The molecule has 0 radical (unpaired) electrons. The first-order valence-electron chi connectivity index (χ1n) is 8.77. The molecule has 1 heterocycles. The van der Waals surface area contributed by atoms with Gasteiger partial charge >= 0.3 is 0 Å². The van der Waals surface area contributed by atoms with Crippen LogP contribution in [0.15, 0.2) is 54.7 Å². The Bertz CT molecular complexity index is 945. The Labute approximate surface area is 157 Å². The summed E-state index contributed by atoms with van der Waals surface area (Å²) in [7, 11) is 0. The third-order valence-electron chi connectivity index (χ3n) is 4.34. The first-order chi connectivity index (χ1) is 13.0. The van der Waals surface area contributed by atoms with E-state index in [0.717, 1.165) is 22.4 Å². The number of nitrogens with zero attached hydrogens (tertiary/aromatic N) is 1. The monoisotopic (exact) mass is 362 g/mol. The van der Waals surface area contributed by atoms with Crippen LogP contribution >= 0.6 is 0 Å². The fourth-order valence-electron chi connectivity index (χ4n) is 2.89. The summed E-state index contributed by atoms with van der Waals surface area (Å²) < 4.78 is 0. The lowest BCUT2D eigenvalue weighted by molar-refractivity contribution is -0.115. The number of primary amides is 1. The van der Waals surface area contributed by atoms with Gasteiger partial charge in [-0.2, -0.15) is 5.10 Å². The van der Waals surface area contributed by atoms with E-state index in [0.29, 0.717) is 25.0 Å². The molecule has 0 aliphatic heterocycles. The van der Waals surface area contributed by atoms with E-state index in [4.69, 9.17) is 5.73 Å². The van der Waals surface area contributed by atoms with Gasteiger partial charge in [0.2, 0.25) is 5.91 Å². The van der Waals surface area contributed by atoms with E-state index in [1.54, 1.807) is 6.20 Å². The zero-order valence-corrected chi connectivity index (χ0v) is 15.2. The van der Waals surface area contributed by atoms with Crippen LogP contribution in [0.2, 0.25) is 0 Å². The second-order valence-corrected chi connectivity index (χ2v) is 6.55. The van der Waals surface area contributed by atoms with E-state index in [-0.39, 0.29) is 5.91 Å². The SMILES string of the molecule is Cc1ccc(CC(=O)Nc2cccc(CCc3cn[nH]c3C(N)=O)c2)cc1. The van der Waals surface area contributed by atoms with Crippen molar-refractivity contribution in [3.8, 4) is 0 Å². The molecule has 0 fully saturated rings. The van der Waals surface area contributed by atoms with Gasteiger partial charge in [-0.1, -0.05) is 42.0 Å². The molecule has 6 heteroatoms. The van der Waals surface area contributed by atoms with Crippen molar-refractivity contribution < 1.29 is 9.59 Å². The number of hydrogen-bond acceptors (Lipinski definition) is 3. The number of nitrogens with two attached hydrogens (primary N) is 1. The summed E-state index contributed by atoms with van der Waals surface area (Å²) in [5.74, 6) is -0.568. The lowest BCUT2D eigenvalue weighted by atomic mass is 10.0. The molecule has 0 saturated carbocycles. The number of carbonyl (C=O) groups excluding carboxylic acids is 2. The molecule has 27 heavy (non-hydrogen) atoms. The minimum atomic E-state index is -0.514. The van der Waals surface area contributed by atoms with Gasteiger partial charge in [-0.3, -0.25) is 14.7 Å². The summed E-state index contributed by atoms with van der Waals surface area (Å²) in [5.41, 5.74) is 10.4. The second kappa shape index (κ2) is 8.31. The molecule has 0 spiro atoms. The summed E-state index contributed by atoms with van der Waals surface area (Å²) in [6, 6.07) is 15.6. The number of anilines is 1. The Morgan fingerprint density at radius 3 is 2.59 bits per heavy atom. The zero-order valence-electron chi connectivity index (χ0n) is 15.2. The van der Waals surface area contributed by atoms with Gasteiger partial charge in [-0.25, -0.2) is 0 Å². The van der Waals surface area contributed by atoms with Crippen LogP contribution in [0.5, 0.6) is 0 Å².